The van der Waals surface area contributed by atoms with Crippen molar-refractivity contribution in [3.05, 3.63) is 18.2 Å². The molecule has 1 saturated heterocycles. The molecule has 1 aliphatic heterocycles. The molecule has 2 unspecified atom stereocenters. The lowest BCUT2D eigenvalue weighted by Crippen LogP contribution is -2.40. The van der Waals surface area contributed by atoms with Crippen molar-refractivity contribution in [3.8, 4) is 11.5 Å². The van der Waals surface area contributed by atoms with E-state index in [9.17, 15) is 4.79 Å². The number of nitrogens with zero attached hydrogens (tertiary/aromatic N) is 1. The molecule has 1 aromatic rings. The van der Waals surface area contributed by atoms with Gasteiger partial charge in [-0.1, -0.05) is 0 Å². The molecular formula is C15H22N2O4. The second-order valence-corrected chi connectivity index (χ2v) is 5.08. The fourth-order valence-corrected chi connectivity index (χ4v) is 2.67. The van der Waals surface area contributed by atoms with Crippen LogP contribution in [0.15, 0.2) is 18.2 Å². The van der Waals surface area contributed by atoms with Crippen molar-refractivity contribution in [2.45, 2.75) is 12.5 Å². The van der Waals surface area contributed by atoms with Gasteiger partial charge in [0.25, 0.3) is 0 Å². The summed E-state index contributed by atoms with van der Waals surface area (Å²) in [4.78, 5) is 13.7. The molecule has 6 nitrogen and oxygen atoms in total. The first-order chi connectivity index (χ1) is 10.1. The molecule has 116 valence electrons. The number of rotatable bonds is 5. The van der Waals surface area contributed by atoms with Crippen molar-refractivity contribution in [3.63, 3.8) is 0 Å². The average Bonchev–Trinajstić information content (AvgIpc) is 3.02. The Morgan fingerprint density at radius 1 is 1.33 bits per heavy atom. The highest BCUT2D eigenvalue weighted by Crippen LogP contribution is 2.35. The number of ether oxygens (including phenoxy) is 3. The number of nitrogens with two attached hydrogens (primary N) is 1. The summed E-state index contributed by atoms with van der Waals surface area (Å²) in [5.41, 5.74) is 6.90. The minimum Gasteiger partial charge on any atom is -0.497 e. The lowest BCUT2D eigenvalue weighted by Gasteiger charge is -2.23. The van der Waals surface area contributed by atoms with Crippen LogP contribution in [0, 0.1) is 5.92 Å². The third kappa shape index (κ3) is 3.21. The predicted molar refractivity (Wildman–Crippen MR) is 79.9 cm³/mol. The largest absolute Gasteiger partial charge is 0.497 e. The number of carbonyl (C=O) groups is 1. The summed E-state index contributed by atoms with van der Waals surface area (Å²) < 4.78 is 15.4. The molecule has 0 radical (unpaired) electrons. The summed E-state index contributed by atoms with van der Waals surface area (Å²) in [5.74, 6) is 1.27. The quantitative estimate of drug-likeness (QED) is 0.818. The van der Waals surface area contributed by atoms with Crippen molar-refractivity contribution in [2.75, 3.05) is 39.3 Å². The highest BCUT2D eigenvalue weighted by molar-refractivity contribution is 5.76. The molecule has 0 saturated carbocycles. The molecule has 2 N–H and O–H groups in total. The molecule has 0 aliphatic carbocycles. The monoisotopic (exact) mass is 294 g/mol. The molecule has 1 heterocycles. The average molecular weight is 294 g/mol. The van der Waals surface area contributed by atoms with E-state index in [0.29, 0.717) is 6.54 Å². The van der Waals surface area contributed by atoms with Gasteiger partial charge in [-0.2, -0.15) is 0 Å². The summed E-state index contributed by atoms with van der Waals surface area (Å²) in [6.07, 6.45) is 0.844. The maximum atomic E-state index is 11.6. The first kappa shape index (κ1) is 15.4. The molecule has 0 aromatic heterocycles. The number of esters is 1. The molecule has 1 aromatic carbocycles. The van der Waals surface area contributed by atoms with Crippen LogP contribution in [0.25, 0.3) is 0 Å². The van der Waals surface area contributed by atoms with Crippen LogP contribution in [0.5, 0.6) is 11.5 Å². The summed E-state index contributed by atoms with van der Waals surface area (Å²) >= 11 is 0. The maximum Gasteiger partial charge on any atom is 0.322 e. The zero-order chi connectivity index (χ0) is 15.4. The van der Waals surface area contributed by atoms with Crippen molar-refractivity contribution in [2.24, 2.45) is 11.7 Å². The smallest absolute Gasteiger partial charge is 0.322 e. The number of hydrogen-bond acceptors (Lipinski definition) is 6. The van der Waals surface area contributed by atoms with Gasteiger partial charge in [0, 0.05) is 25.1 Å². The Kier molecular flexibility index (Phi) is 4.90. The fraction of sp³-hybridized carbons (Fsp3) is 0.533. The highest BCUT2D eigenvalue weighted by atomic mass is 16.5. The zero-order valence-electron chi connectivity index (χ0n) is 12.7. The first-order valence-electron chi connectivity index (χ1n) is 6.91. The Morgan fingerprint density at radius 3 is 2.71 bits per heavy atom. The summed E-state index contributed by atoms with van der Waals surface area (Å²) in [7, 11) is 4.63. The van der Waals surface area contributed by atoms with Crippen molar-refractivity contribution >= 4 is 11.7 Å². The number of methoxy groups -OCH3 is 3. The van der Waals surface area contributed by atoms with E-state index in [1.54, 1.807) is 14.2 Å². The van der Waals surface area contributed by atoms with E-state index >= 15 is 0 Å². The molecule has 6 heteroatoms. The number of anilines is 1. The van der Waals surface area contributed by atoms with Crippen LogP contribution in [0.1, 0.15) is 6.42 Å². The second kappa shape index (κ2) is 6.67. The summed E-state index contributed by atoms with van der Waals surface area (Å²) in [6, 6.07) is 5.08. The summed E-state index contributed by atoms with van der Waals surface area (Å²) in [6.45, 7) is 1.51. The van der Waals surface area contributed by atoms with Gasteiger partial charge < -0.3 is 24.8 Å². The van der Waals surface area contributed by atoms with Crippen molar-refractivity contribution in [1.29, 1.82) is 0 Å². The van der Waals surface area contributed by atoms with Crippen LogP contribution in [-0.2, 0) is 9.53 Å². The Labute approximate surface area is 124 Å². The maximum absolute atomic E-state index is 11.6. The zero-order valence-corrected chi connectivity index (χ0v) is 12.7. The van der Waals surface area contributed by atoms with Crippen LogP contribution < -0.4 is 20.1 Å². The van der Waals surface area contributed by atoms with Crippen LogP contribution in [-0.4, -0.2) is 46.4 Å². The van der Waals surface area contributed by atoms with Crippen LogP contribution in [0.3, 0.4) is 0 Å². The topological polar surface area (TPSA) is 74.0 Å². The molecule has 2 atom stereocenters. The van der Waals surface area contributed by atoms with Crippen molar-refractivity contribution in [1.82, 2.24) is 0 Å². The molecule has 0 spiro atoms. The lowest BCUT2D eigenvalue weighted by atomic mass is 10.00. The third-order valence-electron chi connectivity index (χ3n) is 3.93. The van der Waals surface area contributed by atoms with E-state index in [1.165, 1.54) is 7.11 Å². The Balaban J connectivity index is 2.15. The lowest BCUT2D eigenvalue weighted by molar-refractivity contribution is -0.143. The van der Waals surface area contributed by atoms with Gasteiger partial charge in [0.1, 0.15) is 17.5 Å². The summed E-state index contributed by atoms with van der Waals surface area (Å²) in [5, 5.41) is 0. The standard InChI is InChI=1S/C15H22N2O4/c1-19-11-4-5-13(20-2)12(8-11)17-7-6-10(9-17)14(16)15(18)21-3/h4-5,8,10,14H,6-7,9,16H2,1-3H3. The fourth-order valence-electron chi connectivity index (χ4n) is 2.67. The molecule has 2 rings (SSSR count). The molecule has 0 bridgehead atoms. The normalized spacial score (nSPS) is 19.2. The molecular weight excluding hydrogens is 272 g/mol. The number of hydrogen-bond donors (Lipinski definition) is 1. The first-order valence-corrected chi connectivity index (χ1v) is 6.91. The van der Waals surface area contributed by atoms with E-state index < -0.39 is 6.04 Å². The van der Waals surface area contributed by atoms with Crippen molar-refractivity contribution < 1.29 is 19.0 Å². The van der Waals surface area contributed by atoms with Crippen LogP contribution in [0.2, 0.25) is 0 Å². The van der Waals surface area contributed by atoms with E-state index in [0.717, 1.165) is 30.2 Å². The second-order valence-electron chi connectivity index (χ2n) is 5.08. The minimum atomic E-state index is -0.586. The minimum absolute atomic E-state index is 0.0772. The Morgan fingerprint density at radius 2 is 2.10 bits per heavy atom. The number of carbonyl (C=O) groups excluding carboxylic acids is 1. The van der Waals surface area contributed by atoms with E-state index in [4.69, 9.17) is 19.9 Å². The van der Waals surface area contributed by atoms with E-state index in [2.05, 4.69) is 4.90 Å². The van der Waals surface area contributed by atoms with Gasteiger partial charge in [-0.15, -0.1) is 0 Å². The Hall–Kier alpha value is -1.95. The molecule has 0 amide bonds. The van der Waals surface area contributed by atoms with Crippen LogP contribution >= 0.6 is 0 Å². The molecule has 1 aliphatic rings. The molecule has 21 heavy (non-hydrogen) atoms. The van der Waals surface area contributed by atoms with Gasteiger partial charge in [-0.05, 0) is 18.6 Å². The van der Waals surface area contributed by atoms with Gasteiger partial charge in [0.15, 0.2) is 0 Å². The van der Waals surface area contributed by atoms with E-state index in [1.807, 2.05) is 18.2 Å². The third-order valence-corrected chi connectivity index (χ3v) is 3.93. The van der Waals surface area contributed by atoms with Gasteiger partial charge in [-0.25, -0.2) is 0 Å². The Bertz CT molecular complexity index is 506. The SMILES string of the molecule is COC(=O)C(N)C1CCN(c2cc(OC)ccc2OC)C1. The van der Waals surface area contributed by atoms with Gasteiger partial charge in [0.05, 0.1) is 27.0 Å². The van der Waals surface area contributed by atoms with Gasteiger partial charge >= 0.3 is 5.97 Å². The number of benzene rings is 1. The van der Waals surface area contributed by atoms with Gasteiger partial charge in [0.2, 0.25) is 0 Å². The van der Waals surface area contributed by atoms with Crippen LogP contribution in [0.4, 0.5) is 5.69 Å². The predicted octanol–water partition coefficient (Wildman–Crippen LogP) is 1.03. The molecule has 1 fully saturated rings. The van der Waals surface area contributed by atoms with Gasteiger partial charge in [-0.3, -0.25) is 4.79 Å². The van der Waals surface area contributed by atoms with E-state index in [-0.39, 0.29) is 11.9 Å². The highest BCUT2D eigenvalue weighted by Gasteiger charge is 2.33.